The molecule has 0 aliphatic carbocycles. The normalized spacial score (nSPS) is 12.0. The van der Waals surface area contributed by atoms with Crippen LogP contribution < -0.4 is 14.4 Å². The van der Waals surface area contributed by atoms with Crippen LogP contribution in [0.2, 0.25) is 5.02 Å². The second kappa shape index (κ2) is 16.0. The molecule has 1 atom stereocenters. The lowest BCUT2D eigenvalue weighted by atomic mass is 10.0. The number of nitrogens with one attached hydrogen (secondary N) is 1. The Labute approximate surface area is 283 Å². The zero-order valence-electron chi connectivity index (χ0n) is 27.4. The van der Waals surface area contributed by atoms with Crippen molar-refractivity contribution in [2.45, 2.75) is 51.6 Å². The highest BCUT2D eigenvalue weighted by Crippen LogP contribution is 2.32. The molecule has 4 rings (SSSR count). The minimum atomic E-state index is -4.25. The van der Waals surface area contributed by atoms with Gasteiger partial charge < -0.3 is 15.0 Å². The summed E-state index contributed by atoms with van der Waals surface area (Å²) in [5, 5.41) is 3.19. The molecule has 47 heavy (non-hydrogen) atoms. The Balaban J connectivity index is 1.82. The smallest absolute Gasteiger partial charge is 0.264 e. The van der Waals surface area contributed by atoms with E-state index in [2.05, 4.69) is 5.32 Å². The molecule has 10 heteroatoms. The third-order valence-electron chi connectivity index (χ3n) is 7.74. The first-order valence-corrected chi connectivity index (χ1v) is 17.3. The van der Waals surface area contributed by atoms with E-state index in [0.29, 0.717) is 12.3 Å². The average molecular weight is 676 g/mol. The van der Waals surface area contributed by atoms with Gasteiger partial charge in [-0.05, 0) is 61.2 Å². The van der Waals surface area contributed by atoms with Crippen LogP contribution in [0.1, 0.15) is 36.1 Å². The van der Waals surface area contributed by atoms with Gasteiger partial charge in [-0.3, -0.25) is 13.9 Å². The molecule has 0 saturated carbocycles. The number of halogens is 1. The van der Waals surface area contributed by atoms with E-state index in [4.69, 9.17) is 16.3 Å². The van der Waals surface area contributed by atoms with E-state index >= 15 is 0 Å². The molecule has 0 aliphatic rings. The minimum absolute atomic E-state index is 0.0171. The predicted molar refractivity (Wildman–Crippen MR) is 187 cm³/mol. The number of carbonyl (C=O) groups is 2. The third-order valence-corrected chi connectivity index (χ3v) is 9.82. The molecule has 0 bridgehead atoms. The summed E-state index contributed by atoms with van der Waals surface area (Å²) in [4.78, 5) is 30.0. The van der Waals surface area contributed by atoms with Crippen molar-refractivity contribution in [3.63, 3.8) is 0 Å². The summed E-state index contributed by atoms with van der Waals surface area (Å²) in [7, 11) is -2.79. The Morgan fingerprint density at radius 3 is 2.04 bits per heavy atom. The highest BCUT2D eigenvalue weighted by atomic mass is 35.5. The number of sulfonamides is 1. The van der Waals surface area contributed by atoms with Crippen LogP contribution in [0.15, 0.2) is 102 Å². The van der Waals surface area contributed by atoms with Crippen molar-refractivity contribution in [3.05, 3.63) is 124 Å². The molecule has 0 spiro atoms. The quantitative estimate of drug-likeness (QED) is 0.163. The second-order valence-electron chi connectivity index (χ2n) is 12.0. The van der Waals surface area contributed by atoms with Gasteiger partial charge in [-0.1, -0.05) is 103 Å². The number of hydrogen-bond acceptors (Lipinski definition) is 5. The standard InChI is InChI=1S/C37H42ClN3O5S/c1-26(2)23-39-37(43)34(21-29-9-7-6-8-10-29)40(24-30-15-11-27(3)12-16-30)36(42)25-41(31-17-20-35(46-5)33(38)22-31)47(44,45)32-18-13-28(4)14-19-32/h6-20,22,26,34H,21,23-25H2,1-5H3,(H,39,43). The number of hydrogen-bond donors (Lipinski definition) is 1. The van der Waals surface area contributed by atoms with Crippen LogP contribution in [-0.2, 0) is 32.6 Å². The second-order valence-corrected chi connectivity index (χ2v) is 14.3. The molecule has 0 aromatic heterocycles. The van der Waals surface area contributed by atoms with Crippen molar-refractivity contribution in [2.24, 2.45) is 5.92 Å². The fourth-order valence-electron chi connectivity index (χ4n) is 5.04. The Bertz CT molecular complexity index is 1760. The predicted octanol–water partition coefficient (Wildman–Crippen LogP) is 6.57. The SMILES string of the molecule is COc1ccc(N(CC(=O)N(Cc2ccc(C)cc2)C(Cc2ccccc2)C(=O)NCC(C)C)S(=O)(=O)c2ccc(C)cc2)cc1Cl. The number of aryl methyl sites for hydroxylation is 2. The molecule has 0 saturated heterocycles. The van der Waals surface area contributed by atoms with Crippen molar-refractivity contribution >= 4 is 39.1 Å². The fraction of sp³-hybridized carbons (Fsp3) is 0.297. The highest BCUT2D eigenvalue weighted by molar-refractivity contribution is 7.92. The van der Waals surface area contributed by atoms with Gasteiger partial charge in [0.05, 0.1) is 22.7 Å². The van der Waals surface area contributed by atoms with Gasteiger partial charge >= 0.3 is 0 Å². The molecule has 1 N–H and O–H groups in total. The molecule has 8 nitrogen and oxygen atoms in total. The Morgan fingerprint density at radius 1 is 0.851 bits per heavy atom. The molecule has 1 unspecified atom stereocenters. The maximum absolute atomic E-state index is 14.6. The number of ether oxygens (including phenoxy) is 1. The van der Waals surface area contributed by atoms with Crippen molar-refractivity contribution in [3.8, 4) is 5.75 Å². The topological polar surface area (TPSA) is 96.0 Å². The first kappa shape index (κ1) is 35.5. The zero-order valence-corrected chi connectivity index (χ0v) is 29.0. The molecule has 0 heterocycles. The van der Waals surface area contributed by atoms with Gasteiger partial charge in [-0.15, -0.1) is 0 Å². The molecule has 0 aliphatic heterocycles. The molecule has 4 aromatic rings. The summed E-state index contributed by atoms with van der Waals surface area (Å²) in [6, 6.07) is 27.2. The van der Waals surface area contributed by atoms with Gasteiger partial charge in [0.25, 0.3) is 10.0 Å². The van der Waals surface area contributed by atoms with Crippen LogP contribution in [0.3, 0.4) is 0 Å². The highest BCUT2D eigenvalue weighted by Gasteiger charge is 2.35. The third kappa shape index (κ3) is 9.36. The van der Waals surface area contributed by atoms with Gasteiger partial charge in [-0.2, -0.15) is 0 Å². The summed E-state index contributed by atoms with van der Waals surface area (Å²) in [5.41, 5.74) is 3.79. The van der Waals surface area contributed by atoms with Crippen LogP contribution in [0.25, 0.3) is 0 Å². The number of amides is 2. The molecular formula is C37H42ClN3O5S. The average Bonchev–Trinajstić information content (AvgIpc) is 3.05. The fourth-order valence-corrected chi connectivity index (χ4v) is 6.70. The van der Waals surface area contributed by atoms with Gasteiger partial charge in [0.2, 0.25) is 11.8 Å². The molecule has 4 aromatic carbocycles. The van der Waals surface area contributed by atoms with Crippen molar-refractivity contribution in [2.75, 3.05) is 24.5 Å². The Hall–Kier alpha value is -4.34. The van der Waals surface area contributed by atoms with E-state index in [9.17, 15) is 18.0 Å². The summed E-state index contributed by atoms with van der Waals surface area (Å²) in [6.07, 6.45) is 0.238. The lowest BCUT2D eigenvalue weighted by molar-refractivity contribution is -0.140. The summed E-state index contributed by atoms with van der Waals surface area (Å²) in [5.74, 6) is -0.315. The van der Waals surface area contributed by atoms with E-state index in [1.54, 1.807) is 24.3 Å². The lowest BCUT2D eigenvalue weighted by Crippen LogP contribution is -2.53. The maximum Gasteiger partial charge on any atom is 0.264 e. The summed E-state index contributed by atoms with van der Waals surface area (Å²) >= 11 is 6.46. The summed E-state index contributed by atoms with van der Waals surface area (Å²) < 4.78 is 34.8. The Kier molecular flexibility index (Phi) is 12.1. The largest absolute Gasteiger partial charge is 0.495 e. The first-order valence-electron chi connectivity index (χ1n) is 15.5. The lowest BCUT2D eigenvalue weighted by Gasteiger charge is -2.34. The van der Waals surface area contributed by atoms with Crippen molar-refractivity contribution < 1.29 is 22.7 Å². The monoisotopic (exact) mass is 675 g/mol. The van der Waals surface area contributed by atoms with E-state index in [1.807, 2.05) is 82.3 Å². The number of nitrogens with zero attached hydrogens (tertiary/aromatic N) is 2. The van der Waals surface area contributed by atoms with Crippen molar-refractivity contribution in [1.82, 2.24) is 10.2 Å². The zero-order chi connectivity index (χ0) is 34.1. The van der Waals surface area contributed by atoms with Crippen LogP contribution in [-0.4, -0.2) is 51.4 Å². The number of benzene rings is 4. The van der Waals surface area contributed by atoms with Gasteiger partial charge in [0, 0.05) is 19.5 Å². The first-order chi connectivity index (χ1) is 22.4. The van der Waals surface area contributed by atoms with E-state index in [-0.39, 0.29) is 40.4 Å². The van der Waals surface area contributed by atoms with Gasteiger partial charge in [0.1, 0.15) is 18.3 Å². The van der Waals surface area contributed by atoms with Crippen LogP contribution in [0.4, 0.5) is 5.69 Å². The molecule has 0 radical (unpaired) electrons. The van der Waals surface area contributed by atoms with Gasteiger partial charge in [-0.25, -0.2) is 8.42 Å². The molecule has 0 fully saturated rings. The Morgan fingerprint density at radius 2 is 1.47 bits per heavy atom. The van der Waals surface area contributed by atoms with E-state index in [0.717, 1.165) is 26.6 Å². The molecular weight excluding hydrogens is 634 g/mol. The maximum atomic E-state index is 14.6. The number of carbonyl (C=O) groups excluding carboxylic acids is 2. The van der Waals surface area contributed by atoms with E-state index in [1.165, 1.54) is 30.2 Å². The van der Waals surface area contributed by atoms with Gasteiger partial charge in [0.15, 0.2) is 0 Å². The van der Waals surface area contributed by atoms with Crippen LogP contribution in [0, 0.1) is 19.8 Å². The number of methoxy groups -OCH3 is 1. The molecule has 248 valence electrons. The number of anilines is 1. The van der Waals surface area contributed by atoms with E-state index < -0.39 is 28.5 Å². The van der Waals surface area contributed by atoms with Crippen LogP contribution >= 0.6 is 11.6 Å². The number of rotatable bonds is 14. The van der Waals surface area contributed by atoms with Crippen LogP contribution in [0.5, 0.6) is 5.75 Å². The summed E-state index contributed by atoms with van der Waals surface area (Å²) in [6.45, 7) is 7.76. The van der Waals surface area contributed by atoms with Crippen molar-refractivity contribution in [1.29, 1.82) is 0 Å². The molecule has 2 amide bonds. The minimum Gasteiger partial charge on any atom is -0.495 e.